The molecule has 2 saturated heterocycles. The Bertz CT molecular complexity index is 1570. The fraction of sp³-hybridized carbons (Fsp3) is 0.444. The number of benzene rings is 1. The fourth-order valence-corrected chi connectivity index (χ4v) is 6.76. The van der Waals surface area contributed by atoms with E-state index in [1.807, 2.05) is 6.20 Å². The maximum absolute atomic E-state index is 10.1. The summed E-state index contributed by atoms with van der Waals surface area (Å²) in [5.74, 6) is 0.543. The van der Waals surface area contributed by atoms with E-state index in [4.69, 9.17) is 4.74 Å². The van der Waals surface area contributed by atoms with Gasteiger partial charge in [0.15, 0.2) is 0 Å². The third kappa shape index (κ3) is 6.17. The van der Waals surface area contributed by atoms with Gasteiger partial charge >= 0.3 is 0 Å². The summed E-state index contributed by atoms with van der Waals surface area (Å²) >= 11 is 0. The van der Waals surface area contributed by atoms with E-state index in [9.17, 15) is 5.26 Å². The summed E-state index contributed by atoms with van der Waals surface area (Å²) in [6.07, 6.45) is 11.5. The smallest absolute Gasteiger partial charge is 0.138 e. The second-order valence-corrected chi connectivity index (χ2v) is 13.3. The summed E-state index contributed by atoms with van der Waals surface area (Å²) in [6, 6.07) is 13.2. The second-order valence-electron chi connectivity index (χ2n) is 13.3. The SMILES string of the molecule is C=C(CC(C)(C)C)N1CCC(Cc2ccc(-c3ccnc4[nH]c(C5=CC=C(N6CCOCC6)CC5)cc34)cc2C#N)C1. The van der Waals surface area contributed by atoms with Crippen molar-refractivity contribution in [1.82, 2.24) is 19.8 Å². The van der Waals surface area contributed by atoms with Gasteiger partial charge in [-0.3, -0.25) is 0 Å². The van der Waals surface area contributed by atoms with Crippen LogP contribution in [0, 0.1) is 22.7 Å². The van der Waals surface area contributed by atoms with Crippen LogP contribution in [0.3, 0.4) is 0 Å². The number of hydrogen-bond acceptors (Lipinski definition) is 5. The number of nitrogens with zero attached hydrogens (tertiary/aromatic N) is 4. The fourth-order valence-electron chi connectivity index (χ4n) is 6.76. The molecule has 1 unspecified atom stereocenters. The van der Waals surface area contributed by atoms with Crippen molar-refractivity contribution in [2.45, 2.75) is 52.9 Å². The lowest BCUT2D eigenvalue weighted by Crippen LogP contribution is -2.35. The number of H-pyrrole nitrogens is 1. The molecule has 2 aromatic heterocycles. The Morgan fingerprint density at radius 1 is 1.12 bits per heavy atom. The number of aromatic nitrogens is 2. The Morgan fingerprint density at radius 2 is 1.95 bits per heavy atom. The summed E-state index contributed by atoms with van der Waals surface area (Å²) in [4.78, 5) is 13.1. The molecule has 6 nitrogen and oxygen atoms in total. The number of ether oxygens (including phenoxy) is 1. The van der Waals surface area contributed by atoms with E-state index >= 15 is 0 Å². The molecular formula is C36H43N5O. The highest BCUT2D eigenvalue weighted by molar-refractivity contribution is 5.95. The van der Waals surface area contributed by atoms with Crippen LogP contribution in [0.2, 0.25) is 0 Å². The monoisotopic (exact) mass is 561 g/mol. The number of nitriles is 1. The predicted octanol–water partition coefficient (Wildman–Crippen LogP) is 7.31. The van der Waals surface area contributed by atoms with Gasteiger partial charge in [0.25, 0.3) is 0 Å². The van der Waals surface area contributed by atoms with E-state index in [2.05, 4.69) is 95.7 Å². The second kappa shape index (κ2) is 11.8. The molecule has 0 spiro atoms. The van der Waals surface area contributed by atoms with Gasteiger partial charge in [-0.1, -0.05) is 45.6 Å². The van der Waals surface area contributed by atoms with Crippen LogP contribution in [-0.4, -0.2) is 59.2 Å². The number of likely N-dealkylation sites (tertiary alicyclic amines) is 1. The van der Waals surface area contributed by atoms with Crippen LogP contribution in [0.25, 0.3) is 27.7 Å². The van der Waals surface area contributed by atoms with E-state index in [0.29, 0.717) is 5.92 Å². The van der Waals surface area contributed by atoms with Gasteiger partial charge in [-0.2, -0.15) is 5.26 Å². The Balaban J connectivity index is 1.19. The summed E-state index contributed by atoms with van der Waals surface area (Å²) in [5.41, 5.74) is 10.3. The highest BCUT2D eigenvalue weighted by atomic mass is 16.5. The molecule has 1 atom stereocenters. The van der Waals surface area contributed by atoms with Gasteiger partial charge < -0.3 is 19.5 Å². The molecule has 4 heterocycles. The molecule has 218 valence electrons. The third-order valence-corrected chi connectivity index (χ3v) is 8.94. The first-order valence-corrected chi connectivity index (χ1v) is 15.4. The summed E-state index contributed by atoms with van der Waals surface area (Å²) < 4.78 is 5.52. The molecule has 3 aliphatic rings. The molecule has 1 aromatic carbocycles. The molecule has 0 saturated carbocycles. The minimum Gasteiger partial charge on any atom is -0.378 e. The maximum Gasteiger partial charge on any atom is 0.138 e. The van der Waals surface area contributed by atoms with Gasteiger partial charge in [0.2, 0.25) is 0 Å². The van der Waals surface area contributed by atoms with Crippen molar-refractivity contribution in [3.63, 3.8) is 0 Å². The van der Waals surface area contributed by atoms with E-state index in [0.717, 1.165) is 110 Å². The van der Waals surface area contributed by atoms with E-state index < -0.39 is 0 Å². The number of aromatic amines is 1. The number of rotatable bonds is 7. The lowest BCUT2D eigenvalue weighted by molar-refractivity contribution is 0.0521. The largest absolute Gasteiger partial charge is 0.378 e. The molecule has 42 heavy (non-hydrogen) atoms. The van der Waals surface area contributed by atoms with Crippen LogP contribution < -0.4 is 0 Å². The van der Waals surface area contributed by atoms with Crippen molar-refractivity contribution in [2.24, 2.45) is 11.3 Å². The van der Waals surface area contributed by atoms with Crippen molar-refractivity contribution < 1.29 is 4.74 Å². The number of hydrogen-bond donors (Lipinski definition) is 1. The minimum absolute atomic E-state index is 0.245. The Kier molecular flexibility index (Phi) is 7.96. The van der Waals surface area contributed by atoms with E-state index in [-0.39, 0.29) is 5.41 Å². The van der Waals surface area contributed by atoms with Crippen LogP contribution >= 0.6 is 0 Å². The zero-order valence-corrected chi connectivity index (χ0v) is 25.4. The highest BCUT2D eigenvalue weighted by Gasteiger charge is 2.26. The average Bonchev–Trinajstić information content (AvgIpc) is 3.65. The zero-order valence-electron chi connectivity index (χ0n) is 25.4. The Morgan fingerprint density at radius 3 is 2.69 bits per heavy atom. The standard InChI is InChI=1S/C36H43N5O/c1-25(22-36(2,3)4)41-14-12-26(24-41)19-28-5-6-29(20-30(28)23-37)32-11-13-38-35-33(32)21-34(39-35)27-7-9-31(10-8-27)40-15-17-42-18-16-40/h5-7,9,11,13,20-21,26H,1,8,10,12,14-19,22,24H2,2-4H3,(H,38,39). The van der Waals surface area contributed by atoms with Crippen LogP contribution in [0.15, 0.2) is 66.7 Å². The molecule has 2 aliphatic heterocycles. The van der Waals surface area contributed by atoms with Crippen LogP contribution in [0.4, 0.5) is 0 Å². The minimum atomic E-state index is 0.245. The lowest BCUT2D eigenvalue weighted by atomic mass is 9.90. The molecule has 0 amide bonds. The average molecular weight is 562 g/mol. The molecule has 1 aliphatic carbocycles. The third-order valence-electron chi connectivity index (χ3n) is 8.94. The molecule has 1 N–H and O–H groups in total. The first-order valence-electron chi connectivity index (χ1n) is 15.4. The van der Waals surface area contributed by atoms with Gasteiger partial charge in [0.05, 0.1) is 24.8 Å². The highest BCUT2D eigenvalue weighted by Crippen LogP contribution is 2.35. The summed E-state index contributed by atoms with van der Waals surface area (Å²) in [7, 11) is 0. The molecule has 0 radical (unpaired) electrons. The Labute approximate surface area is 250 Å². The number of fused-ring (bicyclic) bond motifs is 1. The van der Waals surface area contributed by atoms with Crippen molar-refractivity contribution in [3.8, 4) is 17.2 Å². The number of nitrogens with one attached hydrogen (secondary N) is 1. The molecular weight excluding hydrogens is 518 g/mol. The predicted molar refractivity (Wildman–Crippen MR) is 171 cm³/mol. The molecule has 6 rings (SSSR count). The topological polar surface area (TPSA) is 68.2 Å². The quantitative estimate of drug-likeness (QED) is 0.328. The lowest BCUT2D eigenvalue weighted by Gasteiger charge is -2.32. The molecule has 3 aromatic rings. The number of pyridine rings is 1. The van der Waals surface area contributed by atoms with Crippen molar-refractivity contribution in [1.29, 1.82) is 5.26 Å². The summed E-state index contributed by atoms with van der Waals surface area (Å²) in [6.45, 7) is 16.8. The van der Waals surface area contributed by atoms with Crippen molar-refractivity contribution in [2.75, 3.05) is 39.4 Å². The van der Waals surface area contributed by atoms with E-state index in [1.54, 1.807) is 0 Å². The normalized spacial score (nSPS) is 19.5. The van der Waals surface area contributed by atoms with Gasteiger partial charge in [0.1, 0.15) is 5.65 Å². The molecule has 0 bridgehead atoms. The molecule has 6 heteroatoms. The van der Waals surface area contributed by atoms with Gasteiger partial charge in [-0.05, 0) is 90.0 Å². The molecule has 2 fully saturated rings. The Hall–Kier alpha value is -3.82. The van der Waals surface area contributed by atoms with Crippen molar-refractivity contribution >= 4 is 16.6 Å². The first-order chi connectivity index (χ1) is 20.3. The first kappa shape index (κ1) is 28.3. The van der Waals surface area contributed by atoms with Crippen LogP contribution in [-0.2, 0) is 11.2 Å². The van der Waals surface area contributed by atoms with Crippen LogP contribution in [0.5, 0.6) is 0 Å². The van der Waals surface area contributed by atoms with Crippen molar-refractivity contribution in [3.05, 3.63) is 83.5 Å². The zero-order chi connectivity index (χ0) is 29.3. The maximum atomic E-state index is 10.1. The number of allylic oxidation sites excluding steroid dienone is 5. The van der Waals surface area contributed by atoms with Crippen LogP contribution in [0.1, 0.15) is 63.3 Å². The van der Waals surface area contributed by atoms with Gasteiger partial charge in [-0.25, -0.2) is 4.98 Å². The summed E-state index contributed by atoms with van der Waals surface area (Å²) in [5, 5.41) is 11.2. The number of morpholine rings is 1. The van der Waals surface area contributed by atoms with Gasteiger partial charge in [-0.15, -0.1) is 0 Å². The van der Waals surface area contributed by atoms with Gasteiger partial charge in [0, 0.05) is 54.9 Å². The van der Waals surface area contributed by atoms with E-state index in [1.165, 1.54) is 17.0 Å².